The number of fused-ring (bicyclic) bond motifs is 6. The second-order valence-corrected chi connectivity index (χ2v) is 9.56. The largest absolute Gasteiger partial charge is 0.309 e. The van der Waals surface area contributed by atoms with Crippen LogP contribution < -0.4 is 0 Å². The highest BCUT2D eigenvalue weighted by Crippen LogP contribution is 2.33. The molecule has 38 heavy (non-hydrogen) atoms. The SMILES string of the molecule is c1ccc2c(c1)c1ccccc1n2-c1ccc(-c2cnc(-n3c4ccccc4c4ccccc43)nc2)cc1. The van der Waals surface area contributed by atoms with Crippen molar-refractivity contribution in [1.82, 2.24) is 19.1 Å². The van der Waals surface area contributed by atoms with Gasteiger partial charge in [-0.1, -0.05) is 84.9 Å². The summed E-state index contributed by atoms with van der Waals surface area (Å²) in [5, 5.41) is 4.94. The van der Waals surface area contributed by atoms with E-state index < -0.39 is 0 Å². The molecule has 0 unspecified atom stereocenters. The highest BCUT2D eigenvalue weighted by atomic mass is 15.1. The topological polar surface area (TPSA) is 35.6 Å². The fourth-order valence-electron chi connectivity index (χ4n) is 5.73. The van der Waals surface area contributed by atoms with Crippen LogP contribution in [0.3, 0.4) is 0 Å². The molecule has 0 atom stereocenters. The van der Waals surface area contributed by atoms with Crippen LogP contribution >= 0.6 is 0 Å². The molecule has 178 valence electrons. The predicted molar refractivity (Wildman–Crippen MR) is 156 cm³/mol. The van der Waals surface area contributed by atoms with Crippen molar-refractivity contribution in [2.75, 3.05) is 0 Å². The number of hydrogen-bond donors (Lipinski definition) is 0. The summed E-state index contributed by atoms with van der Waals surface area (Å²) < 4.78 is 4.47. The average molecular weight is 487 g/mol. The molecule has 0 aliphatic carbocycles. The zero-order chi connectivity index (χ0) is 25.1. The standard InChI is InChI=1S/C34H22N4/c1-5-13-30-26(9-1)27-10-2-6-14-31(27)37(30)25-19-17-23(18-20-25)24-21-35-34(36-22-24)38-32-15-7-3-11-28(32)29-12-4-8-16-33(29)38/h1-22H. The smallest absolute Gasteiger partial charge is 0.234 e. The minimum Gasteiger partial charge on any atom is -0.309 e. The summed E-state index contributed by atoms with van der Waals surface area (Å²) in [5.74, 6) is 0.674. The second-order valence-electron chi connectivity index (χ2n) is 9.56. The summed E-state index contributed by atoms with van der Waals surface area (Å²) >= 11 is 0. The van der Waals surface area contributed by atoms with Crippen molar-refractivity contribution in [2.24, 2.45) is 0 Å². The quantitative estimate of drug-likeness (QED) is 0.252. The summed E-state index contributed by atoms with van der Waals surface area (Å²) in [6, 6.07) is 42.6. The van der Waals surface area contributed by atoms with E-state index in [1.807, 2.05) is 12.4 Å². The van der Waals surface area contributed by atoms with Crippen LogP contribution in [0.25, 0.3) is 66.4 Å². The van der Waals surface area contributed by atoms with Crippen LogP contribution in [0.4, 0.5) is 0 Å². The van der Waals surface area contributed by atoms with Gasteiger partial charge >= 0.3 is 0 Å². The Morgan fingerprint density at radius 1 is 0.368 bits per heavy atom. The molecular formula is C34H22N4. The Bertz CT molecular complexity index is 1850. The molecule has 0 fully saturated rings. The van der Waals surface area contributed by atoms with E-state index in [1.165, 1.54) is 32.6 Å². The van der Waals surface area contributed by atoms with Crippen molar-refractivity contribution in [2.45, 2.75) is 0 Å². The molecule has 0 amide bonds. The van der Waals surface area contributed by atoms with E-state index in [2.05, 4.69) is 130 Å². The Hall–Kier alpha value is -5.22. The maximum Gasteiger partial charge on any atom is 0.234 e. The Balaban J connectivity index is 1.20. The van der Waals surface area contributed by atoms with Gasteiger partial charge in [0.2, 0.25) is 5.95 Å². The van der Waals surface area contributed by atoms with Gasteiger partial charge in [-0.15, -0.1) is 0 Å². The van der Waals surface area contributed by atoms with Gasteiger partial charge in [0.15, 0.2) is 0 Å². The highest BCUT2D eigenvalue weighted by molar-refractivity contribution is 6.10. The summed E-state index contributed by atoms with van der Waals surface area (Å²) in [6.45, 7) is 0. The first-order chi connectivity index (χ1) is 18.9. The third-order valence-electron chi connectivity index (χ3n) is 7.46. The lowest BCUT2D eigenvalue weighted by molar-refractivity contribution is 0.990. The molecule has 4 heteroatoms. The first-order valence-corrected chi connectivity index (χ1v) is 12.8. The van der Waals surface area contributed by atoms with Gasteiger partial charge in [0.1, 0.15) is 0 Å². The van der Waals surface area contributed by atoms with Gasteiger partial charge in [-0.2, -0.15) is 0 Å². The molecule has 0 bridgehead atoms. The average Bonchev–Trinajstić information content (AvgIpc) is 3.51. The zero-order valence-electron chi connectivity index (χ0n) is 20.5. The lowest BCUT2D eigenvalue weighted by atomic mass is 10.1. The second kappa shape index (κ2) is 8.15. The number of para-hydroxylation sites is 4. The molecule has 0 saturated heterocycles. The van der Waals surface area contributed by atoms with E-state index in [9.17, 15) is 0 Å². The molecular weight excluding hydrogens is 464 g/mol. The molecule has 3 heterocycles. The molecule has 0 saturated carbocycles. The van der Waals surface area contributed by atoms with Crippen molar-refractivity contribution in [3.05, 3.63) is 134 Å². The predicted octanol–water partition coefficient (Wildman–Crippen LogP) is 8.34. The van der Waals surface area contributed by atoms with Crippen molar-refractivity contribution >= 4 is 43.6 Å². The Morgan fingerprint density at radius 3 is 1.21 bits per heavy atom. The molecule has 0 radical (unpaired) electrons. The van der Waals surface area contributed by atoms with Gasteiger partial charge in [-0.25, -0.2) is 9.97 Å². The van der Waals surface area contributed by atoms with Gasteiger partial charge in [-0.05, 0) is 42.0 Å². The lowest BCUT2D eigenvalue weighted by Crippen LogP contribution is -2.00. The number of hydrogen-bond acceptors (Lipinski definition) is 2. The van der Waals surface area contributed by atoms with Gasteiger partial charge in [-0.3, -0.25) is 4.57 Å². The third-order valence-corrected chi connectivity index (χ3v) is 7.46. The lowest BCUT2D eigenvalue weighted by Gasteiger charge is -2.10. The minimum atomic E-state index is 0.674. The van der Waals surface area contributed by atoms with Crippen LogP contribution in [0.2, 0.25) is 0 Å². The summed E-state index contributed by atoms with van der Waals surface area (Å²) in [5.41, 5.74) is 7.84. The Kier molecular flexibility index (Phi) is 4.49. The number of nitrogens with zero attached hydrogens (tertiary/aromatic N) is 4. The van der Waals surface area contributed by atoms with Gasteiger partial charge in [0.05, 0.1) is 22.1 Å². The maximum absolute atomic E-state index is 4.80. The monoisotopic (exact) mass is 486 g/mol. The van der Waals surface area contributed by atoms with E-state index in [1.54, 1.807) is 0 Å². The zero-order valence-corrected chi connectivity index (χ0v) is 20.5. The maximum atomic E-state index is 4.80. The van der Waals surface area contributed by atoms with Gasteiger partial charge < -0.3 is 4.57 Å². The van der Waals surface area contributed by atoms with Crippen LogP contribution in [0.1, 0.15) is 0 Å². The van der Waals surface area contributed by atoms with Crippen LogP contribution in [0.15, 0.2) is 134 Å². The molecule has 3 aromatic heterocycles. The summed E-state index contributed by atoms with van der Waals surface area (Å²) in [4.78, 5) is 9.60. The van der Waals surface area contributed by atoms with Crippen molar-refractivity contribution in [3.8, 4) is 22.8 Å². The summed E-state index contributed by atoms with van der Waals surface area (Å²) in [6.07, 6.45) is 3.84. The Morgan fingerprint density at radius 2 is 0.763 bits per heavy atom. The van der Waals surface area contributed by atoms with Crippen LogP contribution in [-0.4, -0.2) is 19.1 Å². The number of rotatable bonds is 3. The van der Waals surface area contributed by atoms with E-state index in [0.29, 0.717) is 5.95 Å². The van der Waals surface area contributed by atoms with Crippen molar-refractivity contribution < 1.29 is 0 Å². The first kappa shape index (κ1) is 20.9. The first-order valence-electron chi connectivity index (χ1n) is 12.8. The fraction of sp³-hybridized carbons (Fsp3) is 0. The third kappa shape index (κ3) is 3.04. The van der Waals surface area contributed by atoms with E-state index >= 15 is 0 Å². The van der Waals surface area contributed by atoms with Crippen LogP contribution in [0, 0.1) is 0 Å². The van der Waals surface area contributed by atoms with Crippen molar-refractivity contribution in [1.29, 1.82) is 0 Å². The summed E-state index contributed by atoms with van der Waals surface area (Å²) in [7, 11) is 0. The normalized spacial score (nSPS) is 11.7. The molecule has 0 aliphatic heterocycles. The molecule has 5 aromatic carbocycles. The van der Waals surface area contributed by atoms with Crippen LogP contribution in [-0.2, 0) is 0 Å². The van der Waals surface area contributed by atoms with E-state index in [0.717, 1.165) is 27.8 Å². The fourth-order valence-corrected chi connectivity index (χ4v) is 5.73. The van der Waals surface area contributed by atoms with Crippen molar-refractivity contribution in [3.63, 3.8) is 0 Å². The minimum absolute atomic E-state index is 0.674. The molecule has 0 spiro atoms. The molecule has 0 aliphatic rings. The molecule has 4 nitrogen and oxygen atoms in total. The molecule has 8 aromatic rings. The highest BCUT2D eigenvalue weighted by Gasteiger charge is 2.14. The van der Waals surface area contributed by atoms with Crippen LogP contribution in [0.5, 0.6) is 0 Å². The van der Waals surface area contributed by atoms with Gasteiger partial charge in [0, 0.05) is 45.2 Å². The van der Waals surface area contributed by atoms with E-state index in [4.69, 9.17) is 9.97 Å². The number of benzene rings is 5. The number of aromatic nitrogens is 4. The Labute approximate surface area is 219 Å². The van der Waals surface area contributed by atoms with Gasteiger partial charge in [0.25, 0.3) is 0 Å². The van der Waals surface area contributed by atoms with E-state index in [-0.39, 0.29) is 0 Å². The molecule has 0 N–H and O–H groups in total. The molecule has 8 rings (SSSR count).